The van der Waals surface area contributed by atoms with E-state index in [-0.39, 0.29) is 11.7 Å². The van der Waals surface area contributed by atoms with Gasteiger partial charge in [0.1, 0.15) is 5.82 Å². The molecule has 0 heterocycles. The van der Waals surface area contributed by atoms with Crippen molar-refractivity contribution in [3.63, 3.8) is 0 Å². The van der Waals surface area contributed by atoms with Gasteiger partial charge in [-0.05, 0) is 44.4 Å². The Kier molecular flexibility index (Phi) is 6.98. The number of ether oxygens (including phenoxy) is 1. The van der Waals surface area contributed by atoms with Crippen LogP contribution in [0.4, 0.5) is 10.1 Å². The van der Waals surface area contributed by atoms with Crippen LogP contribution in [0, 0.1) is 11.2 Å². The Labute approximate surface area is 161 Å². The van der Waals surface area contributed by atoms with E-state index in [0.29, 0.717) is 36.5 Å². The number of aliphatic imine (C=N–C) groups is 1. The van der Waals surface area contributed by atoms with Gasteiger partial charge >= 0.3 is 0 Å². The molecule has 150 valence electrons. The van der Waals surface area contributed by atoms with Crippen molar-refractivity contribution >= 4 is 17.4 Å². The molecule has 1 aromatic carbocycles. The topological polar surface area (TPSA) is 76.7 Å². The minimum atomic E-state index is -0.759. The largest absolute Gasteiger partial charge is 0.387 e. The summed E-state index contributed by atoms with van der Waals surface area (Å²) in [6.45, 7) is 6.32. The van der Waals surface area contributed by atoms with Crippen molar-refractivity contribution < 1.29 is 13.9 Å². The summed E-state index contributed by atoms with van der Waals surface area (Å²) in [5, 5.41) is 2.93. The molecule has 0 spiro atoms. The fourth-order valence-electron chi connectivity index (χ4n) is 3.31. The van der Waals surface area contributed by atoms with Gasteiger partial charge in [0.25, 0.3) is 0 Å². The first-order valence-corrected chi connectivity index (χ1v) is 9.75. The number of carbonyl (C=O) groups is 1. The molecule has 2 rings (SSSR count). The van der Waals surface area contributed by atoms with Gasteiger partial charge in [-0.15, -0.1) is 0 Å². The number of carbonyl (C=O) groups excluding carboxylic acids is 1. The number of amidine groups is 1. The minimum absolute atomic E-state index is 0.0752. The van der Waals surface area contributed by atoms with Crippen LogP contribution in [0.5, 0.6) is 0 Å². The normalized spacial score (nSPS) is 18.0. The molecular formula is C21H32FN3O2. The average molecular weight is 378 g/mol. The lowest BCUT2D eigenvalue weighted by Gasteiger charge is -2.28. The molecular weight excluding hydrogens is 345 g/mol. The van der Waals surface area contributed by atoms with Crippen LogP contribution in [0.2, 0.25) is 0 Å². The van der Waals surface area contributed by atoms with Crippen LogP contribution in [-0.2, 0) is 15.1 Å². The van der Waals surface area contributed by atoms with Crippen molar-refractivity contribution in [2.24, 2.45) is 16.1 Å². The van der Waals surface area contributed by atoms with E-state index >= 15 is 0 Å². The second-order valence-corrected chi connectivity index (χ2v) is 7.70. The van der Waals surface area contributed by atoms with Gasteiger partial charge in [-0.25, -0.2) is 4.39 Å². The number of unbranched alkanes of at least 4 members (excludes halogenated alkanes) is 1. The molecule has 1 amide bonds. The number of nitrogens with one attached hydrogen (secondary N) is 1. The molecule has 27 heavy (non-hydrogen) atoms. The molecule has 1 unspecified atom stereocenters. The summed E-state index contributed by atoms with van der Waals surface area (Å²) in [7, 11) is 1.60. The summed E-state index contributed by atoms with van der Waals surface area (Å²) in [5.41, 5.74) is 5.81. The predicted octanol–water partition coefficient (Wildman–Crippen LogP) is 4.36. The molecule has 0 bridgehead atoms. The molecule has 1 aliphatic rings. The highest BCUT2D eigenvalue weighted by atomic mass is 19.1. The second-order valence-electron chi connectivity index (χ2n) is 7.70. The van der Waals surface area contributed by atoms with Gasteiger partial charge in [0.05, 0.1) is 23.4 Å². The van der Waals surface area contributed by atoms with E-state index in [9.17, 15) is 9.18 Å². The Bertz CT molecular complexity index is 701. The molecule has 0 radical (unpaired) electrons. The van der Waals surface area contributed by atoms with Crippen molar-refractivity contribution in [1.82, 2.24) is 0 Å². The van der Waals surface area contributed by atoms with E-state index < -0.39 is 11.0 Å². The molecule has 1 saturated carbocycles. The number of halogens is 1. The van der Waals surface area contributed by atoms with Crippen LogP contribution < -0.4 is 11.1 Å². The summed E-state index contributed by atoms with van der Waals surface area (Å²) in [6.07, 6.45) is 4.81. The van der Waals surface area contributed by atoms with Crippen LogP contribution in [0.15, 0.2) is 23.2 Å². The molecule has 1 atom stereocenters. The fraction of sp³-hybridized carbons (Fsp3) is 0.619. The summed E-state index contributed by atoms with van der Waals surface area (Å²) in [6, 6.07) is 4.67. The van der Waals surface area contributed by atoms with E-state index in [2.05, 4.69) is 17.2 Å². The highest BCUT2D eigenvalue weighted by molar-refractivity contribution is 5.97. The van der Waals surface area contributed by atoms with Crippen molar-refractivity contribution in [2.45, 2.75) is 64.8 Å². The molecule has 1 aliphatic carbocycles. The van der Waals surface area contributed by atoms with Crippen LogP contribution in [0.1, 0.15) is 64.9 Å². The standard InChI is InChI=1S/C21H32FN3O2/c1-5-7-10-20(3,25-18(23)6-2)16-13-15(8-9-17(16)22)24-19(26)21(11-12-21)14-27-4/h8-9,13H,5-7,10-12,14H2,1-4H3,(H2,23,25)(H,24,26). The first-order valence-electron chi connectivity index (χ1n) is 9.75. The Balaban J connectivity index is 2.32. The summed E-state index contributed by atoms with van der Waals surface area (Å²) in [4.78, 5) is 17.2. The van der Waals surface area contributed by atoms with Crippen molar-refractivity contribution in [1.29, 1.82) is 0 Å². The van der Waals surface area contributed by atoms with Gasteiger partial charge in [-0.2, -0.15) is 0 Å². The van der Waals surface area contributed by atoms with E-state index in [4.69, 9.17) is 10.5 Å². The zero-order chi connectivity index (χ0) is 20.1. The fourth-order valence-corrected chi connectivity index (χ4v) is 3.31. The highest BCUT2D eigenvalue weighted by Gasteiger charge is 2.50. The average Bonchev–Trinajstić information content (AvgIpc) is 3.42. The van der Waals surface area contributed by atoms with Crippen LogP contribution in [0.25, 0.3) is 0 Å². The third-order valence-electron chi connectivity index (χ3n) is 5.33. The van der Waals surface area contributed by atoms with Gasteiger partial charge in [-0.1, -0.05) is 26.7 Å². The maximum absolute atomic E-state index is 14.7. The number of methoxy groups -OCH3 is 1. The Morgan fingerprint density at radius 2 is 2.11 bits per heavy atom. The number of nitrogens with two attached hydrogens (primary N) is 1. The second kappa shape index (κ2) is 8.83. The van der Waals surface area contributed by atoms with Crippen LogP contribution in [0.3, 0.4) is 0 Å². The lowest BCUT2D eigenvalue weighted by atomic mass is 9.86. The third kappa shape index (κ3) is 5.06. The van der Waals surface area contributed by atoms with Crippen molar-refractivity contribution in [3.8, 4) is 0 Å². The Hall–Kier alpha value is -1.95. The van der Waals surface area contributed by atoms with Gasteiger partial charge < -0.3 is 15.8 Å². The predicted molar refractivity (Wildman–Crippen MR) is 107 cm³/mol. The zero-order valence-electron chi connectivity index (χ0n) is 16.9. The summed E-state index contributed by atoms with van der Waals surface area (Å²) in [5.74, 6) is 0.0884. The molecule has 6 heteroatoms. The molecule has 1 fully saturated rings. The first-order chi connectivity index (χ1) is 12.8. The maximum Gasteiger partial charge on any atom is 0.232 e. The van der Waals surface area contributed by atoms with E-state index in [1.807, 2.05) is 13.8 Å². The van der Waals surface area contributed by atoms with Crippen molar-refractivity contribution in [3.05, 3.63) is 29.6 Å². The number of hydrogen-bond donors (Lipinski definition) is 2. The molecule has 0 saturated heterocycles. The SMILES string of the molecule is CCCCC(C)(N=C(N)CC)c1cc(NC(=O)C2(COC)CC2)ccc1F. The number of hydrogen-bond acceptors (Lipinski definition) is 3. The number of amides is 1. The van der Waals surface area contributed by atoms with Gasteiger partial charge in [0.15, 0.2) is 0 Å². The minimum Gasteiger partial charge on any atom is -0.387 e. The maximum atomic E-state index is 14.7. The van der Waals surface area contributed by atoms with Gasteiger partial charge in [-0.3, -0.25) is 9.79 Å². The molecule has 1 aromatic rings. The lowest BCUT2D eigenvalue weighted by molar-refractivity contribution is -0.122. The summed E-state index contributed by atoms with van der Waals surface area (Å²) < 4.78 is 19.9. The number of benzene rings is 1. The Morgan fingerprint density at radius 3 is 2.67 bits per heavy atom. The van der Waals surface area contributed by atoms with E-state index in [1.54, 1.807) is 19.2 Å². The van der Waals surface area contributed by atoms with E-state index in [1.165, 1.54) is 6.07 Å². The zero-order valence-corrected chi connectivity index (χ0v) is 16.9. The Morgan fingerprint density at radius 1 is 1.41 bits per heavy atom. The molecule has 0 aromatic heterocycles. The lowest BCUT2D eigenvalue weighted by Crippen LogP contribution is -2.29. The monoisotopic (exact) mass is 377 g/mol. The number of rotatable bonds is 10. The number of nitrogens with zero attached hydrogens (tertiary/aromatic N) is 1. The molecule has 5 nitrogen and oxygen atoms in total. The van der Waals surface area contributed by atoms with Gasteiger partial charge in [0, 0.05) is 24.8 Å². The molecule has 3 N–H and O–H groups in total. The highest BCUT2D eigenvalue weighted by Crippen LogP contribution is 2.46. The third-order valence-corrected chi connectivity index (χ3v) is 5.33. The first kappa shape index (κ1) is 21.4. The number of anilines is 1. The summed E-state index contributed by atoms with van der Waals surface area (Å²) >= 11 is 0. The molecule has 0 aliphatic heterocycles. The van der Waals surface area contributed by atoms with Crippen LogP contribution in [-0.4, -0.2) is 25.5 Å². The quantitative estimate of drug-likeness (QED) is 0.470. The smallest absolute Gasteiger partial charge is 0.232 e. The van der Waals surface area contributed by atoms with E-state index in [0.717, 1.165) is 25.7 Å². The van der Waals surface area contributed by atoms with Crippen LogP contribution >= 0.6 is 0 Å². The van der Waals surface area contributed by atoms with Gasteiger partial charge in [0.2, 0.25) is 5.91 Å². The van der Waals surface area contributed by atoms with Crippen molar-refractivity contribution in [2.75, 3.05) is 19.0 Å².